The van der Waals surface area contributed by atoms with E-state index in [1.54, 1.807) is 28.4 Å². The van der Waals surface area contributed by atoms with Crippen molar-refractivity contribution in [2.45, 2.75) is 0 Å². The van der Waals surface area contributed by atoms with Crippen LogP contribution in [-0.4, -0.2) is 32.8 Å². The first kappa shape index (κ1) is 20.8. The smallest absolute Gasteiger partial charge is 0.161 e. The summed E-state index contributed by atoms with van der Waals surface area (Å²) in [5.74, 6) is 2.78. The zero-order chi connectivity index (χ0) is 22.9. The number of pyridine rings is 1. The summed E-state index contributed by atoms with van der Waals surface area (Å²) in [6.45, 7) is 0. The van der Waals surface area contributed by atoms with Crippen molar-refractivity contribution in [3.8, 4) is 45.3 Å². The first-order chi connectivity index (χ1) is 16.2. The molecule has 0 unspecified atom stereocenters. The third kappa shape index (κ3) is 3.42. The van der Waals surface area contributed by atoms with Crippen molar-refractivity contribution in [2.75, 3.05) is 28.4 Å². The van der Waals surface area contributed by atoms with Gasteiger partial charge in [0.2, 0.25) is 0 Å². The van der Waals surface area contributed by atoms with Gasteiger partial charge in [0.15, 0.2) is 23.0 Å². The van der Waals surface area contributed by atoms with E-state index in [1.165, 1.54) is 0 Å². The number of benzene rings is 3. The van der Waals surface area contributed by atoms with E-state index in [0.29, 0.717) is 23.0 Å². The molecule has 2 heterocycles. The highest BCUT2D eigenvalue weighted by molar-refractivity contribution is 6.09. The van der Waals surface area contributed by atoms with Gasteiger partial charge in [-0.05, 0) is 46.8 Å². The maximum absolute atomic E-state index is 5.63. The summed E-state index contributed by atoms with van der Waals surface area (Å²) in [6, 6.07) is 22.6. The molecule has 5 aromatic rings. The van der Waals surface area contributed by atoms with Crippen molar-refractivity contribution < 1.29 is 18.9 Å². The van der Waals surface area contributed by atoms with Crippen molar-refractivity contribution in [1.29, 1.82) is 0 Å². The number of ether oxygens (including phenoxy) is 4. The van der Waals surface area contributed by atoms with Crippen molar-refractivity contribution >= 4 is 16.3 Å². The molecule has 2 aromatic heterocycles. The van der Waals surface area contributed by atoms with Crippen molar-refractivity contribution in [3.63, 3.8) is 0 Å². The maximum Gasteiger partial charge on any atom is 0.161 e. The Kier molecular flexibility index (Phi) is 5.31. The van der Waals surface area contributed by atoms with Gasteiger partial charge in [0, 0.05) is 28.9 Å². The van der Waals surface area contributed by atoms with Gasteiger partial charge in [0.1, 0.15) is 0 Å². The number of aromatic nitrogens is 1. The molecule has 0 saturated carbocycles. The number of rotatable bonds is 6. The Morgan fingerprint density at radius 1 is 0.606 bits per heavy atom. The third-order valence-corrected chi connectivity index (χ3v) is 6.02. The molecule has 166 valence electrons. The van der Waals surface area contributed by atoms with Gasteiger partial charge in [-0.2, -0.15) is 0 Å². The normalized spacial score (nSPS) is 11.0. The molecule has 5 nitrogen and oxygen atoms in total. The van der Waals surface area contributed by atoms with Crippen LogP contribution in [0.25, 0.3) is 38.5 Å². The average molecular weight is 440 g/mol. The Labute approximate surface area is 192 Å². The predicted octanol–water partition coefficient (Wildman–Crippen LogP) is 6.46. The van der Waals surface area contributed by atoms with Crippen LogP contribution in [0.15, 0.2) is 79.1 Å². The molecule has 33 heavy (non-hydrogen) atoms. The van der Waals surface area contributed by atoms with E-state index in [9.17, 15) is 0 Å². The fourth-order valence-electron chi connectivity index (χ4n) is 4.43. The van der Waals surface area contributed by atoms with Crippen molar-refractivity contribution in [1.82, 2.24) is 4.40 Å². The zero-order valence-corrected chi connectivity index (χ0v) is 19.1. The number of hydrogen-bond acceptors (Lipinski definition) is 4. The summed E-state index contributed by atoms with van der Waals surface area (Å²) in [6.07, 6.45) is 4.26. The Morgan fingerprint density at radius 3 is 1.97 bits per heavy atom. The zero-order valence-electron chi connectivity index (χ0n) is 19.1. The van der Waals surface area contributed by atoms with Gasteiger partial charge in [0.25, 0.3) is 0 Å². The molecule has 0 spiro atoms. The minimum Gasteiger partial charge on any atom is -0.493 e. The molecule has 0 radical (unpaired) electrons. The maximum atomic E-state index is 5.63. The monoisotopic (exact) mass is 439 g/mol. The van der Waals surface area contributed by atoms with Crippen molar-refractivity contribution in [2.24, 2.45) is 0 Å². The quantitative estimate of drug-likeness (QED) is 0.304. The van der Waals surface area contributed by atoms with Gasteiger partial charge in [-0.25, -0.2) is 0 Å². The van der Waals surface area contributed by atoms with Crippen LogP contribution in [-0.2, 0) is 0 Å². The first-order valence-corrected chi connectivity index (χ1v) is 10.7. The Hall–Kier alpha value is -4.12. The second-order valence-electron chi connectivity index (χ2n) is 7.72. The van der Waals surface area contributed by atoms with Gasteiger partial charge in [-0.1, -0.05) is 36.4 Å². The van der Waals surface area contributed by atoms with Gasteiger partial charge >= 0.3 is 0 Å². The first-order valence-electron chi connectivity index (χ1n) is 10.7. The summed E-state index contributed by atoms with van der Waals surface area (Å²) >= 11 is 0. The highest BCUT2D eigenvalue weighted by Crippen LogP contribution is 2.44. The fraction of sp³-hybridized carbons (Fsp3) is 0.143. The second-order valence-corrected chi connectivity index (χ2v) is 7.72. The van der Waals surface area contributed by atoms with E-state index >= 15 is 0 Å². The highest BCUT2D eigenvalue weighted by atomic mass is 16.5. The van der Waals surface area contributed by atoms with Gasteiger partial charge in [0.05, 0.1) is 34.0 Å². The van der Waals surface area contributed by atoms with Crippen LogP contribution < -0.4 is 18.9 Å². The standard InChI is InChI=1S/C28H25NO4/c1-30-23-11-10-20(15-24(23)31-2)27-22(18-8-6-5-7-9-18)17-29-13-12-19-14-25(32-3)26(33-4)16-21(19)28(27)29/h5-17H,1-4H3. The number of fused-ring (bicyclic) bond motifs is 3. The van der Waals surface area contributed by atoms with Crippen molar-refractivity contribution in [3.05, 3.63) is 79.1 Å². The average Bonchev–Trinajstić information content (AvgIpc) is 3.28. The lowest BCUT2D eigenvalue weighted by atomic mass is 9.95. The SMILES string of the molecule is COc1ccc(-c2c(-c3ccccc3)cn3ccc4cc(OC)c(OC)cc4c23)cc1OC. The molecule has 5 rings (SSSR count). The summed E-state index contributed by atoms with van der Waals surface area (Å²) in [4.78, 5) is 0. The van der Waals surface area contributed by atoms with E-state index < -0.39 is 0 Å². The van der Waals surface area contributed by atoms with E-state index in [0.717, 1.165) is 38.5 Å². The molecule has 0 amide bonds. The Bertz CT molecular complexity index is 1450. The van der Waals surface area contributed by atoms with E-state index in [2.05, 4.69) is 53.2 Å². The lowest BCUT2D eigenvalue weighted by Crippen LogP contribution is -1.93. The van der Waals surface area contributed by atoms with Gasteiger partial charge < -0.3 is 23.3 Å². The molecule has 0 atom stereocenters. The topological polar surface area (TPSA) is 41.3 Å². The molecule has 5 heteroatoms. The van der Waals surface area contributed by atoms with E-state index in [-0.39, 0.29) is 0 Å². The predicted molar refractivity (Wildman–Crippen MR) is 132 cm³/mol. The summed E-state index contributed by atoms with van der Waals surface area (Å²) in [5, 5.41) is 2.14. The summed E-state index contributed by atoms with van der Waals surface area (Å²) < 4.78 is 24.4. The third-order valence-electron chi connectivity index (χ3n) is 6.02. The Balaban J connectivity index is 1.91. The van der Waals surface area contributed by atoms with Crippen LogP contribution in [0.3, 0.4) is 0 Å². The Morgan fingerprint density at radius 2 is 1.27 bits per heavy atom. The van der Waals surface area contributed by atoms with Crippen LogP contribution in [0.1, 0.15) is 0 Å². The van der Waals surface area contributed by atoms with E-state index in [4.69, 9.17) is 18.9 Å². The minimum atomic E-state index is 0.688. The molecule has 0 bridgehead atoms. The van der Waals surface area contributed by atoms with Gasteiger partial charge in [-0.15, -0.1) is 0 Å². The van der Waals surface area contributed by atoms with Crippen LogP contribution >= 0.6 is 0 Å². The minimum absolute atomic E-state index is 0.688. The molecule has 0 N–H and O–H groups in total. The summed E-state index contributed by atoms with van der Waals surface area (Å²) in [7, 11) is 6.62. The molecule has 3 aromatic carbocycles. The molecule has 0 fully saturated rings. The number of methoxy groups -OCH3 is 4. The second kappa shape index (κ2) is 8.43. The lowest BCUT2D eigenvalue weighted by molar-refractivity contribution is 0.355. The van der Waals surface area contributed by atoms with Crippen LogP contribution in [0.2, 0.25) is 0 Å². The lowest BCUT2D eigenvalue weighted by Gasteiger charge is -2.13. The molecule has 0 saturated heterocycles. The summed E-state index contributed by atoms with van der Waals surface area (Å²) in [5.41, 5.74) is 5.50. The molecule has 0 aliphatic carbocycles. The van der Waals surface area contributed by atoms with Crippen LogP contribution in [0.5, 0.6) is 23.0 Å². The fourth-order valence-corrected chi connectivity index (χ4v) is 4.43. The molecule has 0 aliphatic heterocycles. The molecular formula is C28H25NO4. The van der Waals surface area contributed by atoms with Crippen LogP contribution in [0.4, 0.5) is 0 Å². The van der Waals surface area contributed by atoms with Crippen LogP contribution in [0, 0.1) is 0 Å². The largest absolute Gasteiger partial charge is 0.493 e. The number of nitrogens with zero attached hydrogens (tertiary/aromatic N) is 1. The van der Waals surface area contributed by atoms with Gasteiger partial charge in [-0.3, -0.25) is 0 Å². The molecular weight excluding hydrogens is 414 g/mol. The number of hydrogen-bond donors (Lipinski definition) is 0. The van der Waals surface area contributed by atoms with E-state index in [1.807, 2.05) is 30.3 Å². The highest BCUT2D eigenvalue weighted by Gasteiger charge is 2.19. The molecule has 0 aliphatic rings.